The standard InChI is InChI=1S/C16H19N/c1-11-15(10-16(11)17-2)14-9-5-7-12-6-3-4-8-13(12)14/h3-9,11,15-17H,10H2,1-2H3. The Morgan fingerprint density at radius 3 is 2.59 bits per heavy atom. The largest absolute Gasteiger partial charge is 0.317 e. The predicted molar refractivity (Wildman–Crippen MR) is 73.3 cm³/mol. The highest BCUT2D eigenvalue weighted by atomic mass is 14.9. The molecule has 2 aromatic rings. The van der Waals surface area contributed by atoms with Crippen LogP contribution in [0.15, 0.2) is 42.5 Å². The summed E-state index contributed by atoms with van der Waals surface area (Å²) in [5.41, 5.74) is 1.53. The minimum atomic E-state index is 0.693. The van der Waals surface area contributed by atoms with Gasteiger partial charge < -0.3 is 5.32 Å². The highest BCUT2D eigenvalue weighted by molar-refractivity contribution is 5.86. The summed E-state index contributed by atoms with van der Waals surface area (Å²) in [6.45, 7) is 2.36. The van der Waals surface area contributed by atoms with Gasteiger partial charge in [0, 0.05) is 6.04 Å². The summed E-state index contributed by atoms with van der Waals surface area (Å²) in [6.07, 6.45) is 1.27. The van der Waals surface area contributed by atoms with Crippen molar-refractivity contribution < 1.29 is 0 Å². The van der Waals surface area contributed by atoms with E-state index in [-0.39, 0.29) is 0 Å². The number of hydrogen-bond acceptors (Lipinski definition) is 1. The van der Waals surface area contributed by atoms with Gasteiger partial charge in [0.1, 0.15) is 0 Å². The molecule has 1 aliphatic carbocycles. The fourth-order valence-electron chi connectivity index (χ4n) is 3.15. The zero-order chi connectivity index (χ0) is 11.8. The van der Waals surface area contributed by atoms with Crippen LogP contribution in [0.25, 0.3) is 10.8 Å². The number of benzene rings is 2. The molecule has 3 rings (SSSR count). The molecule has 1 nitrogen and oxygen atoms in total. The summed E-state index contributed by atoms with van der Waals surface area (Å²) in [7, 11) is 2.07. The van der Waals surface area contributed by atoms with Gasteiger partial charge in [0.2, 0.25) is 0 Å². The van der Waals surface area contributed by atoms with Crippen molar-refractivity contribution in [3.63, 3.8) is 0 Å². The molecule has 1 aliphatic rings. The smallest absolute Gasteiger partial charge is 0.0101 e. The van der Waals surface area contributed by atoms with E-state index < -0.39 is 0 Å². The van der Waals surface area contributed by atoms with E-state index in [2.05, 4.69) is 61.8 Å². The fourth-order valence-corrected chi connectivity index (χ4v) is 3.15. The van der Waals surface area contributed by atoms with Crippen LogP contribution in [0.2, 0.25) is 0 Å². The Morgan fingerprint density at radius 2 is 1.82 bits per heavy atom. The lowest BCUT2D eigenvalue weighted by molar-refractivity contribution is 0.195. The number of rotatable bonds is 2. The molecular weight excluding hydrogens is 206 g/mol. The van der Waals surface area contributed by atoms with E-state index in [9.17, 15) is 0 Å². The van der Waals surface area contributed by atoms with Crippen LogP contribution in [0.5, 0.6) is 0 Å². The molecule has 1 saturated carbocycles. The molecule has 3 atom stereocenters. The molecule has 1 heteroatoms. The van der Waals surface area contributed by atoms with Gasteiger partial charge in [-0.15, -0.1) is 0 Å². The molecule has 0 aromatic heterocycles. The second-order valence-corrected chi connectivity index (χ2v) is 5.16. The van der Waals surface area contributed by atoms with E-state index >= 15 is 0 Å². The number of hydrogen-bond donors (Lipinski definition) is 1. The van der Waals surface area contributed by atoms with E-state index in [0.717, 1.165) is 11.8 Å². The molecule has 0 radical (unpaired) electrons. The molecule has 17 heavy (non-hydrogen) atoms. The lowest BCUT2D eigenvalue weighted by Gasteiger charge is -2.43. The van der Waals surface area contributed by atoms with Gasteiger partial charge >= 0.3 is 0 Å². The van der Waals surface area contributed by atoms with E-state index in [0.29, 0.717) is 6.04 Å². The topological polar surface area (TPSA) is 12.0 Å². The molecule has 3 unspecified atom stereocenters. The van der Waals surface area contributed by atoms with Crippen molar-refractivity contribution in [2.45, 2.75) is 25.3 Å². The molecule has 0 amide bonds. The Bertz CT molecular complexity index is 527. The SMILES string of the molecule is CNC1CC(c2cccc3ccccc23)C1C. The second-order valence-electron chi connectivity index (χ2n) is 5.16. The first kappa shape index (κ1) is 10.8. The lowest BCUT2D eigenvalue weighted by Crippen LogP contribution is -2.46. The second kappa shape index (κ2) is 4.15. The van der Waals surface area contributed by atoms with Gasteiger partial charge in [-0.05, 0) is 41.6 Å². The van der Waals surface area contributed by atoms with Crippen molar-refractivity contribution in [1.29, 1.82) is 0 Å². The molecule has 0 aliphatic heterocycles. The van der Waals surface area contributed by atoms with Gasteiger partial charge in [-0.2, -0.15) is 0 Å². The Kier molecular flexibility index (Phi) is 2.64. The van der Waals surface area contributed by atoms with E-state index in [4.69, 9.17) is 0 Å². The first-order valence-corrected chi connectivity index (χ1v) is 6.46. The van der Waals surface area contributed by atoms with Crippen LogP contribution in [0.4, 0.5) is 0 Å². The van der Waals surface area contributed by atoms with Gasteiger partial charge in [-0.3, -0.25) is 0 Å². The van der Waals surface area contributed by atoms with Gasteiger partial charge in [-0.1, -0.05) is 49.4 Å². The Labute approximate surface area is 103 Å². The normalized spacial score (nSPS) is 28.0. The molecule has 1 fully saturated rings. The first-order valence-electron chi connectivity index (χ1n) is 6.46. The predicted octanol–water partition coefficient (Wildman–Crippen LogP) is 3.55. The van der Waals surface area contributed by atoms with Gasteiger partial charge in [0.15, 0.2) is 0 Å². The van der Waals surface area contributed by atoms with Crippen molar-refractivity contribution in [1.82, 2.24) is 5.32 Å². The van der Waals surface area contributed by atoms with Crippen molar-refractivity contribution >= 4 is 10.8 Å². The number of fused-ring (bicyclic) bond motifs is 1. The van der Waals surface area contributed by atoms with Crippen LogP contribution in [-0.2, 0) is 0 Å². The molecule has 0 spiro atoms. The van der Waals surface area contributed by atoms with Gasteiger partial charge in [-0.25, -0.2) is 0 Å². The summed E-state index contributed by atoms with van der Waals surface area (Å²) in [5, 5.41) is 6.20. The van der Waals surface area contributed by atoms with Crippen LogP contribution in [0.3, 0.4) is 0 Å². The summed E-state index contributed by atoms with van der Waals surface area (Å²) in [5.74, 6) is 1.46. The van der Waals surface area contributed by atoms with Crippen LogP contribution in [-0.4, -0.2) is 13.1 Å². The van der Waals surface area contributed by atoms with Crippen molar-refractivity contribution in [2.75, 3.05) is 7.05 Å². The van der Waals surface area contributed by atoms with Gasteiger partial charge in [0.25, 0.3) is 0 Å². The Morgan fingerprint density at radius 1 is 1.06 bits per heavy atom. The van der Waals surface area contributed by atoms with Crippen LogP contribution >= 0.6 is 0 Å². The van der Waals surface area contributed by atoms with Crippen molar-refractivity contribution in [3.8, 4) is 0 Å². The average Bonchev–Trinajstić information content (AvgIpc) is 2.38. The maximum absolute atomic E-state index is 3.40. The van der Waals surface area contributed by atoms with Gasteiger partial charge in [0.05, 0.1) is 0 Å². The molecular formula is C16H19N. The summed E-state index contributed by atoms with van der Waals surface area (Å²) >= 11 is 0. The third kappa shape index (κ3) is 1.66. The maximum atomic E-state index is 3.40. The highest BCUT2D eigenvalue weighted by Crippen LogP contribution is 2.44. The first-order chi connectivity index (χ1) is 8.31. The minimum absolute atomic E-state index is 0.693. The zero-order valence-electron chi connectivity index (χ0n) is 10.5. The van der Waals surface area contributed by atoms with Crippen LogP contribution in [0.1, 0.15) is 24.8 Å². The third-order valence-corrected chi connectivity index (χ3v) is 4.37. The average molecular weight is 225 g/mol. The highest BCUT2D eigenvalue weighted by Gasteiger charge is 2.37. The molecule has 88 valence electrons. The number of nitrogens with one attached hydrogen (secondary N) is 1. The van der Waals surface area contributed by atoms with Crippen molar-refractivity contribution in [2.24, 2.45) is 5.92 Å². The van der Waals surface area contributed by atoms with Crippen LogP contribution in [0, 0.1) is 5.92 Å². The molecule has 0 heterocycles. The molecule has 0 saturated heterocycles. The summed E-state index contributed by atoms with van der Waals surface area (Å²) in [4.78, 5) is 0. The third-order valence-electron chi connectivity index (χ3n) is 4.37. The Hall–Kier alpha value is -1.34. The fraction of sp³-hybridized carbons (Fsp3) is 0.375. The molecule has 0 bridgehead atoms. The molecule has 2 aromatic carbocycles. The monoisotopic (exact) mass is 225 g/mol. The minimum Gasteiger partial charge on any atom is -0.317 e. The van der Waals surface area contributed by atoms with E-state index in [1.54, 1.807) is 0 Å². The molecule has 1 N–H and O–H groups in total. The zero-order valence-corrected chi connectivity index (χ0v) is 10.5. The maximum Gasteiger partial charge on any atom is 0.0101 e. The lowest BCUT2D eigenvalue weighted by atomic mass is 9.66. The van der Waals surface area contributed by atoms with E-state index in [1.165, 1.54) is 22.8 Å². The van der Waals surface area contributed by atoms with Crippen molar-refractivity contribution in [3.05, 3.63) is 48.0 Å². The Balaban J connectivity index is 2.02. The van der Waals surface area contributed by atoms with Crippen LogP contribution < -0.4 is 5.32 Å². The quantitative estimate of drug-likeness (QED) is 0.824. The summed E-state index contributed by atoms with van der Waals surface area (Å²) < 4.78 is 0. The summed E-state index contributed by atoms with van der Waals surface area (Å²) in [6, 6.07) is 16.1. The van der Waals surface area contributed by atoms with E-state index in [1.807, 2.05) is 0 Å².